The van der Waals surface area contributed by atoms with Crippen LogP contribution in [0.5, 0.6) is 0 Å². The van der Waals surface area contributed by atoms with Crippen LogP contribution in [0.15, 0.2) is 24.4 Å². The number of hydrogen-bond acceptors (Lipinski definition) is 2. The lowest BCUT2D eigenvalue weighted by Gasteiger charge is -2.15. The van der Waals surface area contributed by atoms with Gasteiger partial charge in [0, 0.05) is 20.1 Å². The average molecular weight is 288 g/mol. The maximum atomic E-state index is 5.79. The van der Waals surface area contributed by atoms with Gasteiger partial charge in [-0.1, -0.05) is 25.7 Å². The monoisotopic (exact) mass is 288 g/mol. The summed E-state index contributed by atoms with van der Waals surface area (Å²) in [5.74, 6) is 0.802. The highest BCUT2D eigenvalue weighted by Crippen LogP contribution is 2.40. The van der Waals surface area contributed by atoms with Gasteiger partial charge in [-0.2, -0.15) is 5.10 Å². The molecule has 3 rings (SSSR count). The van der Waals surface area contributed by atoms with Crippen molar-refractivity contribution < 1.29 is 4.74 Å². The maximum Gasteiger partial charge on any atom is 0.139 e. The van der Waals surface area contributed by atoms with E-state index >= 15 is 0 Å². The molecule has 0 aliphatic heterocycles. The van der Waals surface area contributed by atoms with Gasteiger partial charge in [0.15, 0.2) is 0 Å². The van der Waals surface area contributed by atoms with Gasteiger partial charge in [0.05, 0.1) is 11.7 Å². The predicted octanol–water partition coefficient (Wildman–Crippen LogP) is 4.23. The second-order valence-electron chi connectivity index (χ2n) is 7.08. The van der Waals surface area contributed by atoms with Crippen LogP contribution in [0.2, 0.25) is 25.7 Å². The van der Waals surface area contributed by atoms with Gasteiger partial charge < -0.3 is 4.74 Å². The van der Waals surface area contributed by atoms with Gasteiger partial charge in [0.25, 0.3) is 0 Å². The van der Waals surface area contributed by atoms with Crippen molar-refractivity contribution in [1.29, 1.82) is 0 Å². The Kier molecular flexibility index (Phi) is 3.69. The molecule has 108 valence electrons. The molecule has 1 aliphatic rings. The molecule has 0 bridgehead atoms. The van der Waals surface area contributed by atoms with Crippen LogP contribution in [-0.2, 0) is 11.5 Å². The molecule has 0 radical (unpaired) electrons. The molecular weight excluding hydrogens is 264 g/mol. The van der Waals surface area contributed by atoms with E-state index in [1.54, 1.807) is 0 Å². The minimum absolute atomic E-state index is 0.566. The Balaban J connectivity index is 1.63. The minimum atomic E-state index is -1.00. The third-order valence-corrected chi connectivity index (χ3v) is 5.63. The summed E-state index contributed by atoms with van der Waals surface area (Å²) < 4.78 is 7.76. The molecule has 1 fully saturated rings. The van der Waals surface area contributed by atoms with Crippen LogP contribution in [0, 0.1) is 0 Å². The van der Waals surface area contributed by atoms with E-state index in [4.69, 9.17) is 4.74 Å². The standard InChI is InChI=1S/C16H24N2OSi/c1-20(2,3)9-8-19-12-18-16-7-6-14(13-4-5-13)10-15(16)11-17-18/h6-7,10-11,13H,4-5,8-9,12H2,1-3H3. The molecule has 3 nitrogen and oxygen atoms in total. The second-order valence-corrected chi connectivity index (χ2v) is 12.7. The maximum absolute atomic E-state index is 5.79. The van der Waals surface area contributed by atoms with Crippen molar-refractivity contribution in [3.8, 4) is 0 Å². The molecule has 1 aromatic carbocycles. The van der Waals surface area contributed by atoms with E-state index in [1.165, 1.54) is 35.4 Å². The zero-order valence-corrected chi connectivity index (χ0v) is 13.7. The number of rotatable bonds is 6. The Bertz CT molecular complexity index is 596. The van der Waals surface area contributed by atoms with Gasteiger partial charge in [-0.15, -0.1) is 0 Å². The summed E-state index contributed by atoms with van der Waals surface area (Å²) in [6.45, 7) is 8.53. The smallest absolute Gasteiger partial charge is 0.139 e. The molecule has 1 aromatic heterocycles. The molecule has 0 saturated heterocycles. The first-order chi connectivity index (χ1) is 9.53. The van der Waals surface area contributed by atoms with Crippen LogP contribution in [0.3, 0.4) is 0 Å². The molecule has 0 atom stereocenters. The molecule has 0 amide bonds. The number of nitrogens with zero attached hydrogens (tertiary/aromatic N) is 2. The summed E-state index contributed by atoms with van der Waals surface area (Å²) in [4.78, 5) is 0. The molecule has 0 N–H and O–H groups in total. The first kappa shape index (κ1) is 13.8. The van der Waals surface area contributed by atoms with Crippen LogP contribution < -0.4 is 0 Å². The Morgan fingerprint density at radius 1 is 1.30 bits per heavy atom. The first-order valence-corrected chi connectivity index (χ1v) is 11.3. The molecule has 0 unspecified atom stereocenters. The number of ether oxygens (including phenoxy) is 1. The number of benzene rings is 1. The average Bonchev–Trinajstić information content (AvgIpc) is 3.15. The van der Waals surface area contributed by atoms with E-state index in [9.17, 15) is 0 Å². The molecule has 2 aromatic rings. The molecule has 1 aliphatic carbocycles. The van der Waals surface area contributed by atoms with Crippen molar-refractivity contribution in [1.82, 2.24) is 9.78 Å². The minimum Gasteiger partial charge on any atom is -0.360 e. The predicted molar refractivity (Wildman–Crippen MR) is 85.8 cm³/mol. The summed E-state index contributed by atoms with van der Waals surface area (Å²) >= 11 is 0. The number of aromatic nitrogens is 2. The van der Waals surface area contributed by atoms with Gasteiger partial charge in [0.1, 0.15) is 6.73 Å². The lowest BCUT2D eigenvalue weighted by molar-refractivity contribution is 0.0817. The Morgan fingerprint density at radius 3 is 2.80 bits per heavy atom. The van der Waals surface area contributed by atoms with Crippen LogP contribution >= 0.6 is 0 Å². The summed E-state index contributed by atoms with van der Waals surface area (Å²) in [5, 5.41) is 5.69. The third kappa shape index (κ3) is 3.30. The van der Waals surface area contributed by atoms with Crippen molar-refractivity contribution >= 4 is 19.0 Å². The summed E-state index contributed by atoms with van der Waals surface area (Å²) in [5.41, 5.74) is 2.65. The Hall–Kier alpha value is -1.13. The summed E-state index contributed by atoms with van der Waals surface area (Å²) in [7, 11) is -1.00. The van der Waals surface area contributed by atoms with Crippen molar-refractivity contribution in [3.63, 3.8) is 0 Å². The van der Waals surface area contributed by atoms with Crippen LogP contribution in [0.4, 0.5) is 0 Å². The summed E-state index contributed by atoms with van der Waals surface area (Å²) in [6.07, 6.45) is 4.65. The topological polar surface area (TPSA) is 27.1 Å². The Morgan fingerprint density at radius 2 is 2.10 bits per heavy atom. The fourth-order valence-corrected chi connectivity index (χ4v) is 3.17. The number of fused-ring (bicyclic) bond motifs is 1. The van der Waals surface area contributed by atoms with Gasteiger partial charge in [-0.25, -0.2) is 4.68 Å². The van der Waals surface area contributed by atoms with Crippen LogP contribution in [0.1, 0.15) is 24.3 Å². The highest BCUT2D eigenvalue weighted by Gasteiger charge is 2.23. The van der Waals surface area contributed by atoms with Crippen molar-refractivity contribution in [2.75, 3.05) is 6.61 Å². The molecule has 20 heavy (non-hydrogen) atoms. The van der Waals surface area contributed by atoms with Gasteiger partial charge in [-0.3, -0.25) is 0 Å². The van der Waals surface area contributed by atoms with Crippen LogP contribution in [0.25, 0.3) is 10.9 Å². The number of hydrogen-bond donors (Lipinski definition) is 0. The van der Waals surface area contributed by atoms with E-state index in [2.05, 4.69) is 42.9 Å². The van der Waals surface area contributed by atoms with Crippen molar-refractivity contribution in [2.24, 2.45) is 0 Å². The van der Waals surface area contributed by atoms with Gasteiger partial charge in [-0.05, 0) is 42.5 Å². The van der Waals surface area contributed by atoms with Gasteiger partial charge in [0.2, 0.25) is 0 Å². The summed E-state index contributed by atoms with van der Waals surface area (Å²) in [6, 6.07) is 7.94. The van der Waals surface area contributed by atoms with Crippen LogP contribution in [-0.4, -0.2) is 24.5 Å². The molecular formula is C16H24N2OSi. The van der Waals surface area contributed by atoms with E-state index in [1.807, 2.05) is 10.9 Å². The highest BCUT2D eigenvalue weighted by molar-refractivity contribution is 6.76. The SMILES string of the molecule is C[Si](C)(C)CCOCn1ncc2cc(C3CC3)ccc21. The third-order valence-electron chi connectivity index (χ3n) is 3.92. The van der Waals surface area contributed by atoms with Gasteiger partial charge >= 0.3 is 0 Å². The second kappa shape index (κ2) is 5.33. The zero-order chi connectivity index (χ0) is 14.2. The van der Waals surface area contributed by atoms with E-state index in [0.29, 0.717) is 6.73 Å². The van der Waals surface area contributed by atoms with E-state index < -0.39 is 8.07 Å². The largest absolute Gasteiger partial charge is 0.360 e. The van der Waals surface area contributed by atoms with E-state index in [0.717, 1.165) is 12.5 Å². The lowest BCUT2D eigenvalue weighted by Crippen LogP contribution is -2.22. The normalized spacial score (nSPS) is 15.9. The Labute approximate surface area is 121 Å². The zero-order valence-electron chi connectivity index (χ0n) is 12.7. The lowest BCUT2D eigenvalue weighted by atomic mass is 10.1. The first-order valence-electron chi connectivity index (χ1n) is 7.56. The highest BCUT2D eigenvalue weighted by atomic mass is 28.3. The molecule has 1 heterocycles. The quantitative estimate of drug-likeness (QED) is 0.587. The molecule has 0 spiro atoms. The molecule has 1 saturated carbocycles. The van der Waals surface area contributed by atoms with Crippen molar-refractivity contribution in [2.45, 2.75) is 51.2 Å². The fourth-order valence-electron chi connectivity index (χ4n) is 2.41. The fraction of sp³-hybridized carbons (Fsp3) is 0.562. The van der Waals surface area contributed by atoms with Crippen molar-refractivity contribution in [3.05, 3.63) is 30.0 Å². The molecule has 4 heteroatoms. The van der Waals surface area contributed by atoms with E-state index in [-0.39, 0.29) is 0 Å².